The van der Waals surface area contributed by atoms with Crippen LogP contribution < -0.4 is 0 Å². The number of rotatable bonds is 1. The smallest absolute Gasteiger partial charge is 0.164 e. The second kappa shape index (κ2) is 4.54. The zero-order valence-corrected chi connectivity index (χ0v) is 15.6. The van der Waals surface area contributed by atoms with Crippen LogP contribution in [0.25, 0.3) is 0 Å². The molecule has 25 heavy (non-hydrogen) atoms. The first-order chi connectivity index (χ1) is 11.7. The van der Waals surface area contributed by atoms with E-state index in [1.165, 1.54) is 11.1 Å². The van der Waals surface area contributed by atoms with Gasteiger partial charge in [0.1, 0.15) is 0 Å². The van der Waals surface area contributed by atoms with E-state index < -0.39 is 5.60 Å². The topological polar surface area (TPSA) is 46.7 Å². The molecule has 3 heteroatoms. The van der Waals surface area contributed by atoms with Crippen LogP contribution in [0.15, 0.2) is 23.8 Å². The van der Waals surface area contributed by atoms with E-state index in [1.54, 1.807) is 6.92 Å². The molecule has 3 saturated carbocycles. The van der Waals surface area contributed by atoms with E-state index in [2.05, 4.69) is 20.4 Å². The fraction of sp³-hybridized carbons (Fsp3) is 0.727. The first kappa shape index (κ1) is 16.0. The highest BCUT2D eigenvalue weighted by Crippen LogP contribution is 2.73. The van der Waals surface area contributed by atoms with E-state index in [1.807, 2.05) is 6.08 Å². The lowest BCUT2D eigenvalue weighted by Gasteiger charge is -2.58. The highest BCUT2D eigenvalue weighted by molar-refractivity contribution is 5.92. The van der Waals surface area contributed by atoms with Crippen LogP contribution in [-0.4, -0.2) is 23.3 Å². The lowest BCUT2D eigenvalue weighted by molar-refractivity contribution is -0.135. The van der Waals surface area contributed by atoms with E-state index in [0.717, 1.165) is 32.1 Å². The molecule has 5 aliphatic rings. The lowest BCUT2D eigenvalue weighted by Crippen LogP contribution is -2.54. The van der Waals surface area contributed by atoms with Gasteiger partial charge in [-0.05, 0) is 73.8 Å². The van der Waals surface area contributed by atoms with Gasteiger partial charge in [0.25, 0.3) is 0 Å². The zero-order valence-electron chi connectivity index (χ0n) is 15.6. The minimum atomic E-state index is -0.497. The van der Waals surface area contributed by atoms with Crippen molar-refractivity contribution < 1.29 is 14.3 Å². The minimum Gasteiger partial charge on any atom is -0.357 e. The minimum absolute atomic E-state index is 0.0208. The molecule has 4 fully saturated rings. The quantitative estimate of drug-likeness (QED) is 0.677. The normalized spacial score (nSPS) is 53.3. The largest absolute Gasteiger partial charge is 0.357 e. The molecule has 0 N–H and O–H groups in total. The van der Waals surface area contributed by atoms with Crippen LogP contribution in [-0.2, 0) is 14.3 Å². The van der Waals surface area contributed by atoms with E-state index in [4.69, 9.17) is 4.74 Å². The van der Waals surface area contributed by atoms with Crippen molar-refractivity contribution in [2.24, 2.45) is 28.6 Å². The van der Waals surface area contributed by atoms with Crippen LogP contribution in [0.5, 0.6) is 0 Å². The van der Waals surface area contributed by atoms with Crippen molar-refractivity contribution >= 4 is 11.6 Å². The Morgan fingerprint density at radius 2 is 2.04 bits per heavy atom. The number of carbonyl (C=O) groups excluding carboxylic acids is 2. The van der Waals surface area contributed by atoms with Crippen molar-refractivity contribution in [2.75, 3.05) is 0 Å². The first-order valence-corrected chi connectivity index (χ1v) is 9.86. The molecule has 0 bridgehead atoms. The number of epoxide rings is 1. The summed E-state index contributed by atoms with van der Waals surface area (Å²) >= 11 is 0. The predicted molar refractivity (Wildman–Crippen MR) is 94.9 cm³/mol. The van der Waals surface area contributed by atoms with Crippen molar-refractivity contribution in [2.45, 2.75) is 71.0 Å². The molecule has 5 rings (SSSR count). The highest BCUT2D eigenvalue weighted by atomic mass is 16.6. The molecule has 0 aromatic rings. The fourth-order valence-electron chi connectivity index (χ4n) is 7.63. The third kappa shape index (κ3) is 1.67. The first-order valence-electron chi connectivity index (χ1n) is 9.86. The Hall–Kier alpha value is -1.22. The summed E-state index contributed by atoms with van der Waals surface area (Å²) in [7, 11) is 0. The summed E-state index contributed by atoms with van der Waals surface area (Å²) < 4.78 is 6.00. The van der Waals surface area contributed by atoms with Crippen LogP contribution in [0.4, 0.5) is 0 Å². The van der Waals surface area contributed by atoms with E-state index in [9.17, 15) is 9.59 Å². The summed E-state index contributed by atoms with van der Waals surface area (Å²) in [5, 5.41) is 0. The zero-order chi connectivity index (χ0) is 17.8. The summed E-state index contributed by atoms with van der Waals surface area (Å²) in [6.07, 6.45) is 7.88. The van der Waals surface area contributed by atoms with Crippen molar-refractivity contribution in [3.8, 4) is 0 Å². The number of hydrogen-bond donors (Lipinski definition) is 0. The van der Waals surface area contributed by atoms with Gasteiger partial charge in [-0.3, -0.25) is 9.59 Å². The average molecular weight is 340 g/mol. The van der Waals surface area contributed by atoms with Gasteiger partial charge in [0.05, 0.1) is 6.10 Å². The third-order valence-electron chi connectivity index (χ3n) is 8.88. The molecule has 0 amide bonds. The Morgan fingerprint density at radius 3 is 2.76 bits per heavy atom. The molecule has 0 aromatic carbocycles. The van der Waals surface area contributed by atoms with Gasteiger partial charge >= 0.3 is 0 Å². The molecule has 134 valence electrons. The van der Waals surface area contributed by atoms with Crippen LogP contribution >= 0.6 is 0 Å². The molecule has 1 heterocycles. The standard InChI is InChI=1S/C22H28O3/c1-12-9-15-16(20(3)7-5-14(24)10-17(12)20)6-8-21(4)18(15)11-19-22(21,25-19)13(2)23/h10,15-16,18-19H,1,5-9,11H2,2-4H3/t15-,16+,18+,19?,20-,21+,22-/m1/s1. The second-order valence-electron chi connectivity index (χ2n) is 9.72. The highest BCUT2D eigenvalue weighted by Gasteiger charge is 2.79. The van der Waals surface area contributed by atoms with Crippen molar-refractivity contribution in [3.63, 3.8) is 0 Å². The number of carbonyl (C=O) groups is 2. The molecule has 0 aromatic heterocycles. The lowest BCUT2D eigenvalue weighted by atomic mass is 9.45. The number of ether oxygens (including phenoxy) is 1. The molecular formula is C22H28O3. The van der Waals surface area contributed by atoms with Crippen molar-refractivity contribution in [3.05, 3.63) is 23.8 Å². The van der Waals surface area contributed by atoms with Gasteiger partial charge in [-0.1, -0.05) is 26.0 Å². The molecular weight excluding hydrogens is 312 g/mol. The summed E-state index contributed by atoms with van der Waals surface area (Å²) in [5.41, 5.74) is 1.97. The summed E-state index contributed by atoms with van der Waals surface area (Å²) in [4.78, 5) is 24.4. The molecule has 1 saturated heterocycles. The molecule has 1 aliphatic heterocycles. The van der Waals surface area contributed by atoms with E-state index in [-0.39, 0.29) is 28.5 Å². The van der Waals surface area contributed by atoms with Gasteiger partial charge in [0, 0.05) is 11.8 Å². The maximum Gasteiger partial charge on any atom is 0.164 e. The Labute approximate surface area is 149 Å². The third-order valence-corrected chi connectivity index (χ3v) is 8.88. The van der Waals surface area contributed by atoms with Crippen molar-refractivity contribution in [1.29, 1.82) is 0 Å². The van der Waals surface area contributed by atoms with Gasteiger partial charge < -0.3 is 4.74 Å². The fourth-order valence-corrected chi connectivity index (χ4v) is 7.63. The van der Waals surface area contributed by atoms with Gasteiger partial charge in [-0.2, -0.15) is 0 Å². The number of Topliss-reactive ketones (excluding diaryl/α,β-unsaturated/α-hetero) is 1. The van der Waals surface area contributed by atoms with Gasteiger partial charge in [0.2, 0.25) is 0 Å². The van der Waals surface area contributed by atoms with Crippen LogP contribution in [0.1, 0.15) is 59.3 Å². The maximum atomic E-state index is 12.4. The van der Waals surface area contributed by atoms with Crippen LogP contribution in [0, 0.1) is 28.6 Å². The summed E-state index contributed by atoms with van der Waals surface area (Å²) in [6, 6.07) is 0. The van der Waals surface area contributed by atoms with Crippen LogP contribution in [0.2, 0.25) is 0 Å². The average Bonchev–Trinajstić information content (AvgIpc) is 3.23. The Bertz CT molecular complexity index is 748. The number of ketones is 2. The number of fused-ring (bicyclic) bond motifs is 7. The Morgan fingerprint density at radius 1 is 1.28 bits per heavy atom. The predicted octanol–water partition coefficient (Wildman–Crippen LogP) is 4.02. The molecule has 4 aliphatic carbocycles. The van der Waals surface area contributed by atoms with Gasteiger partial charge in [-0.15, -0.1) is 0 Å². The monoisotopic (exact) mass is 340 g/mol. The summed E-state index contributed by atoms with van der Waals surface area (Å²) in [6.45, 7) is 10.8. The summed E-state index contributed by atoms with van der Waals surface area (Å²) in [5.74, 6) is 2.22. The van der Waals surface area contributed by atoms with E-state index in [0.29, 0.717) is 24.2 Å². The molecule has 1 unspecified atom stereocenters. The molecule has 0 radical (unpaired) electrons. The molecule has 0 spiro atoms. The number of hydrogen-bond acceptors (Lipinski definition) is 3. The SMILES string of the molecule is C=C1C[C@@H]2[C@H](CC[C@@]3(C)[C@H]2CC2O[C@]23C(C)=O)[C@@]2(C)CCC(=O)C=C12. The molecule has 7 atom stereocenters. The van der Waals surface area contributed by atoms with Crippen LogP contribution in [0.3, 0.4) is 0 Å². The van der Waals surface area contributed by atoms with Crippen molar-refractivity contribution in [1.82, 2.24) is 0 Å². The van der Waals surface area contributed by atoms with Gasteiger partial charge in [0.15, 0.2) is 17.2 Å². The Balaban J connectivity index is 1.56. The van der Waals surface area contributed by atoms with Gasteiger partial charge in [-0.25, -0.2) is 0 Å². The van der Waals surface area contributed by atoms with E-state index >= 15 is 0 Å². The second-order valence-corrected chi connectivity index (χ2v) is 9.72. The number of allylic oxidation sites excluding steroid dienone is 2. The Kier molecular flexibility index (Phi) is 2.90. The maximum absolute atomic E-state index is 12.4. The molecule has 3 nitrogen and oxygen atoms in total.